The predicted octanol–water partition coefficient (Wildman–Crippen LogP) is 12.9. The van der Waals surface area contributed by atoms with Crippen LogP contribution in [-0.2, 0) is 0 Å². The highest BCUT2D eigenvalue weighted by Crippen LogP contribution is 2.40. The molecule has 0 aliphatic carbocycles. The summed E-state index contributed by atoms with van der Waals surface area (Å²) in [5.41, 5.74) is 0.0560. The second-order valence-electron chi connectivity index (χ2n) is 10.1. The molecule has 47 heavy (non-hydrogen) atoms. The van der Waals surface area contributed by atoms with Gasteiger partial charge in [-0.1, -0.05) is 107 Å². The van der Waals surface area contributed by atoms with Crippen LogP contribution < -0.4 is 10.9 Å². The molecule has 0 unspecified atom stereocenters. The molecule has 0 aliphatic heterocycles. The predicted molar refractivity (Wildman–Crippen MR) is 210 cm³/mol. The molecule has 0 amide bonds. The Morgan fingerprint density at radius 3 is 1.49 bits per heavy atom. The molecule has 2 nitrogen and oxygen atoms in total. The number of hydrogen-bond acceptors (Lipinski definition) is 6. The minimum Gasteiger partial charge on any atom is -0.289 e. The molecule has 6 aromatic carbocycles. The Kier molecular flexibility index (Phi) is 10.9. The number of rotatable bonds is 2. The molecular formula is C38H23Cl3O2S4. The van der Waals surface area contributed by atoms with Crippen molar-refractivity contribution in [2.45, 2.75) is 14.7 Å². The molecule has 0 N–H and O–H groups in total. The third-order valence-corrected chi connectivity index (χ3v) is 12.3. The Labute approximate surface area is 303 Å². The molecule has 0 fully saturated rings. The van der Waals surface area contributed by atoms with Crippen LogP contribution in [0.1, 0.15) is 0 Å². The van der Waals surface area contributed by atoms with Gasteiger partial charge in [-0.3, -0.25) is 9.59 Å². The first kappa shape index (κ1) is 33.6. The van der Waals surface area contributed by atoms with E-state index in [2.05, 4.69) is 12.6 Å². The molecule has 0 bridgehead atoms. The third-order valence-electron chi connectivity index (χ3n) is 7.02. The van der Waals surface area contributed by atoms with Gasteiger partial charge in [0.25, 0.3) is 0 Å². The van der Waals surface area contributed by atoms with Gasteiger partial charge >= 0.3 is 0 Å². The van der Waals surface area contributed by atoms with Crippen LogP contribution in [0.25, 0.3) is 40.3 Å². The maximum atomic E-state index is 12.7. The lowest BCUT2D eigenvalue weighted by Crippen LogP contribution is -2.01. The highest BCUT2D eigenvalue weighted by Gasteiger charge is 2.13. The number of hydrogen-bond donors (Lipinski definition) is 1. The van der Waals surface area contributed by atoms with Gasteiger partial charge in [0.05, 0.1) is 24.5 Å². The van der Waals surface area contributed by atoms with E-state index in [1.165, 1.54) is 11.3 Å². The van der Waals surface area contributed by atoms with E-state index < -0.39 is 0 Å². The van der Waals surface area contributed by atoms with E-state index in [0.29, 0.717) is 25.8 Å². The van der Waals surface area contributed by atoms with Crippen LogP contribution in [0, 0.1) is 0 Å². The van der Waals surface area contributed by atoms with Crippen LogP contribution in [-0.4, -0.2) is 0 Å². The maximum Gasteiger partial charge on any atom is 0.195 e. The van der Waals surface area contributed by atoms with Gasteiger partial charge in [0.2, 0.25) is 0 Å². The SMILES string of the molecule is O=c1c2ccccc2sc2c(Cl)c(Cl)ccc12.O=c1c2ccccc2sc2c(Cl)c(Sc3ccccc3)ccc12.Sc1ccccc1. The molecule has 0 radical (unpaired) electrons. The molecule has 2 aromatic heterocycles. The van der Waals surface area contributed by atoms with E-state index in [-0.39, 0.29) is 10.9 Å². The lowest BCUT2D eigenvalue weighted by Gasteiger charge is -2.08. The molecule has 8 rings (SSSR count). The summed E-state index contributed by atoms with van der Waals surface area (Å²) < 4.78 is 3.50. The van der Waals surface area contributed by atoms with Gasteiger partial charge in [0.15, 0.2) is 10.9 Å². The summed E-state index contributed by atoms with van der Waals surface area (Å²) in [4.78, 5) is 28.0. The fourth-order valence-electron chi connectivity index (χ4n) is 4.75. The van der Waals surface area contributed by atoms with Crippen LogP contribution in [0.4, 0.5) is 0 Å². The molecule has 2 heterocycles. The van der Waals surface area contributed by atoms with Gasteiger partial charge in [-0.2, -0.15) is 0 Å². The second-order valence-corrected chi connectivity index (χ2v) is 15.0. The van der Waals surface area contributed by atoms with E-state index in [1.807, 2.05) is 121 Å². The van der Waals surface area contributed by atoms with Crippen LogP contribution in [0.2, 0.25) is 15.1 Å². The smallest absolute Gasteiger partial charge is 0.195 e. The average Bonchev–Trinajstić information content (AvgIpc) is 3.10. The third kappa shape index (κ3) is 7.55. The summed E-state index contributed by atoms with van der Waals surface area (Å²) in [6.07, 6.45) is 0. The van der Waals surface area contributed by atoms with E-state index in [0.717, 1.165) is 44.3 Å². The van der Waals surface area contributed by atoms with Gasteiger partial charge in [-0.15, -0.1) is 35.3 Å². The summed E-state index contributed by atoms with van der Waals surface area (Å²) >= 11 is 27.5. The van der Waals surface area contributed by atoms with Gasteiger partial charge in [0.1, 0.15) is 0 Å². The molecule has 232 valence electrons. The first-order valence-electron chi connectivity index (χ1n) is 14.2. The van der Waals surface area contributed by atoms with Gasteiger partial charge in [0, 0.05) is 45.6 Å². The zero-order valence-corrected chi connectivity index (χ0v) is 29.9. The summed E-state index contributed by atoms with van der Waals surface area (Å²) in [6.45, 7) is 0. The Bertz CT molecular complexity index is 2480. The molecule has 0 saturated carbocycles. The van der Waals surface area contributed by atoms with Gasteiger partial charge < -0.3 is 0 Å². The van der Waals surface area contributed by atoms with Crippen LogP contribution in [0.3, 0.4) is 0 Å². The van der Waals surface area contributed by atoms with Crippen molar-refractivity contribution in [2.24, 2.45) is 0 Å². The summed E-state index contributed by atoms with van der Waals surface area (Å²) in [6, 6.07) is 42.3. The van der Waals surface area contributed by atoms with Crippen LogP contribution in [0.5, 0.6) is 0 Å². The molecule has 0 aliphatic rings. The van der Waals surface area contributed by atoms with E-state index in [9.17, 15) is 9.59 Å². The molecule has 0 spiro atoms. The lowest BCUT2D eigenvalue weighted by molar-refractivity contribution is 1.43. The van der Waals surface area contributed by atoms with Gasteiger partial charge in [-0.25, -0.2) is 0 Å². The fraction of sp³-hybridized carbons (Fsp3) is 0. The zero-order chi connectivity index (χ0) is 32.9. The van der Waals surface area contributed by atoms with Crippen molar-refractivity contribution < 1.29 is 0 Å². The van der Waals surface area contributed by atoms with Crippen molar-refractivity contribution in [3.63, 3.8) is 0 Å². The highest BCUT2D eigenvalue weighted by atomic mass is 35.5. The molecular weight excluding hydrogens is 723 g/mol. The fourth-order valence-corrected chi connectivity index (χ4v) is 8.96. The number of thiol groups is 1. The molecule has 0 atom stereocenters. The Hall–Kier alpha value is -3.33. The normalized spacial score (nSPS) is 10.8. The van der Waals surface area contributed by atoms with E-state index in [4.69, 9.17) is 34.8 Å². The average molecular weight is 746 g/mol. The quantitative estimate of drug-likeness (QED) is 0.141. The van der Waals surface area contributed by atoms with Crippen molar-refractivity contribution in [1.29, 1.82) is 0 Å². The van der Waals surface area contributed by atoms with Gasteiger partial charge in [-0.05, 0) is 72.8 Å². The highest BCUT2D eigenvalue weighted by molar-refractivity contribution is 7.99. The molecule has 0 saturated heterocycles. The zero-order valence-electron chi connectivity index (χ0n) is 24.3. The summed E-state index contributed by atoms with van der Waals surface area (Å²) in [5.74, 6) is 0. The van der Waals surface area contributed by atoms with Crippen molar-refractivity contribution in [3.05, 3.63) is 169 Å². The topological polar surface area (TPSA) is 34.1 Å². The van der Waals surface area contributed by atoms with Crippen molar-refractivity contribution in [1.82, 2.24) is 0 Å². The maximum absolute atomic E-state index is 12.7. The van der Waals surface area contributed by atoms with Crippen molar-refractivity contribution in [3.8, 4) is 0 Å². The number of benzene rings is 6. The molecule has 9 heteroatoms. The standard InChI is InChI=1S/C19H11ClOS2.C13H6Cl2OS.C6H6S/c20-17-16(22-12-6-2-1-3-7-12)11-10-14-18(21)13-8-4-5-9-15(13)23-19(14)17;14-9-6-5-8-12(16)7-3-1-2-4-10(7)17-13(8)11(9)15;7-6-4-2-1-3-5-6/h1-11H;1-6H;1-5,7H. The van der Waals surface area contributed by atoms with Crippen LogP contribution >= 0.6 is 81.9 Å². The van der Waals surface area contributed by atoms with Crippen molar-refractivity contribution in [2.75, 3.05) is 0 Å². The number of fused-ring (bicyclic) bond motifs is 4. The first-order chi connectivity index (χ1) is 22.8. The lowest BCUT2D eigenvalue weighted by atomic mass is 10.2. The second kappa shape index (κ2) is 15.3. The summed E-state index contributed by atoms with van der Waals surface area (Å²) in [7, 11) is 0. The first-order valence-corrected chi connectivity index (χ1v) is 18.3. The van der Waals surface area contributed by atoms with E-state index in [1.54, 1.807) is 35.2 Å². The number of halogens is 3. The van der Waals surface area contributed by atoms with Crippen molar-refractivity contribution >= 4 is 122 Å². The largest absolute Gasteiger partial charge is 0.289 e. The molecule has 8 aromatic rings. The Balaban J connectivity index is 0.000000141. The minimum absolute atomic E-state index is 0.00733. The Morgan fingerprint density at radius 1 is 0.489 bits per heavy atom. The van der Waals surface area contributed by atoms with Crippen LogP contribution in [0.15, 0.2) is 158 Å². The monoisotopic (exact) mass is 744 g/mol. The van der Waals surface area contributed by atoms with E-state index >= 15 is 0 Å². The Morgan fingerprint density at radius 2 is 0.957 bits per heavy atom. The summed E-state index contributed by atoms with van der Waals surface area (Å²) in [5, 5.41) is 4.39. The minimum atomic E-state index is 0.00733.